The fraction of sp³-hybridized carbons (Fsp3) is 0.259. The summed E-state index contributed by atoms with van der Waals surface area (Å²) < 4.78 is 7.29. The molecule has 11 heteroatoms. The number of hydrogen-bond donors (Lipinski definition) is 2. The lowest BCUT2D eigenvalue weighted by molar-refractivity contribution is -0.108. The number of nitrogens with zero attached hydrogens (tertiary/aromatic N) is 5. The van der Waals surface area contributed by atoms with E-state index in [1.807, 2.05) is 41.0 Å². The number of aromatic nitrogens is 4. The van der Waals surface area contributed by atoms with Gasteiger partial charge in [0.1, 0.15) is 17.6 Å². The molecule has 0 radical (unpaired) electrons. The Morgan fingerprint density at radius 1 is 1.13 bits per heavy atom. The second kappa shape index (κ2) is 10.3. The molecule has 0 saturated heterocycles. The van der Waals surface area contributed by atoms with Crippen molar-refractivity contribution in [1.29, 1.82) is 0 Å². The maximum Gasteiger partial charge on any atom is 0.321 e. The van der Waals surface area contributed by atoms with Crippen LogP contribution in [-0.2, 0) is 11.3 Å². The van der Waals surface area contributed by atoms with Crippen LogP contribution >= 0.6 is 0 Å². The van der Waals surface area contributed by atoms with E-state index >= 15 is 0 Å². The predicted octanol–water partition coefficient (Wildman–Crippen LogP) is 3.24. The zero-order valence-electron chi connectivity index (χ0n) is 21.2. The number of fused-ring (bicyclic) bond motifs is 2. The minimum absolute atomic E-state index is 0.150. The predicted molar refractivity (Wildman–Crippen MR) is 139 cm³/mol. The maximum absolute atomic E-state index is 13.1. The van der Waals surface area contributed by atoms with Gasteiger partial charge < -0.3 is 19.5 Å². The number of nitrogens with one attached hydrogen (secondary N) is 2. The summed E-state index contributed by atoms with van der Waals surface area (Å²) >= 11 is 0. The number of carbonyl (C=O) groups excluding carboxylic acids is 3. The van der Waals surface area contributed by atoms with Gasteiger partial charge in [0.25, 0.3) is 5.91 Å². The van der Waals surface area contributed by atoms with Gasteiger partial charge in [-0.25, -0.2) is 19.7 Å². The number of methoxy groups -OCH3 is 1. The summed E-state index contributed by atoms with van der Waals surface area (Å²) in [5.74, 6) is 0.454. The van der Waals surface area contributed by atoms with Crippen LogP contribution in [0, 0.1) is 0 Å². The third-order valence-corrected chi connectivity index (χ3v) is 6.60. The Morgan fingerprint density at radius 2 is 1.92 bits per heavy atom. The smallest absolute Gasteiger partial charge is 0.321 e. The van der Waals surface area contributed by atoms with Crippen molar-refractivity contribution in [2.75, 3.05) is 13.7 Å². The lowest BCUT2D eigenvalue weighted by Gasteiger charge is -2.25. The summed E-state index contributed by atoms with van der Waals surface area (Å²) in [5, 5.41) is 4.91. The Morgan fingerprint density at radius 3 is 2.63 bits per heavy atom. The molecule has 3 heterocycles. The molecule has 1 atom stereocenters. The standard InChI is InChI=1S/C27H27N7O4/c1-16(2)34-14-30-25-24(34)23(28-13-29-25)18-6-4-17(5-7-18)22(32-27(37)31-15-35)12-33-11-19-8-9-20(38-3)10-21(19)26(33)36/h4-10,13-16,22H,11-12H2,1-3H3,(H2,31,32,35,37)/t22-/m0/s1. The lowest BCUT2D eigenvalue weighted by Crippen LogP contribution is -2.42. The molecule has 4 amide bonds. The number of ether oxygens (including phenoxy) is 1. The van der Waals surface area contributed by atoms with Gasteiger partial charge in [-0.2, -0.15) is 0 Å². The molecular weight excluding hydrogens is 486 g/mol. The monoisotopic (exact) mass is 513 g/mol. The number of imide groups is 1. The first-order valence-corrected chi connectivity index (χ1v) is 12.1. The molecule has 0 fully saturated rings. The molecule has 0 spiro atoms. The van der Waals surface area contributed by atoms with Gasteiger partial charge in [-0.15, -0.1) is 0 Å². The topological polar surface area (TPSA) is 131 Å². The van der Waals surface area contributed by atoms with Crippen LogP contribution in [0.4, 0.5) is 4.79 Å². The van der Waals surface area contributed by atoms with Crippen LogP contribution in [0.15, 0.2) is 55.1 Å². The third kappa shape index (κ3) is 4.65. The second-order valence-electron chi connectivity index (χ2n) is 9.26. The van der Waals surface area contributed by atoms with E-state index in [-0.39, 0.29) is 18.5 Å². The van der Waals surface area contributed by atoms with E-state index in [1.54, 1.807) is 24.4 Å². The minimum atomic E-state index is -0.654. The molecule has 0 saturated carbocycles. The average molecular weight is 514 g/mol. The zero-order valence-corrected chi connectivity index (χ0v) is 21.2. The summed E-state index contributed by atoms with van der Waals surface area (Å²) in [6.45, 7) is 4.74. The van der Waals surface area contributed by atoms with E-state index in [0.717, 1.165) is 27.9 Å². The first kappa shape index (κ1) is 24.9. The third-order valence-electron chi connectivity index (χ3n) is 6.60. The van der Waals surface area contributed by atoms with Crippen molar-refractivity contribution >= 4 is 29.5 Å². The number of rotatable bonds is 8. The number of hydrogen-bond acceptors (Lipinski definition) is 7. The normalized spacial score (nSPS) is 13.5. The zero-order chi connectivity index (χ0) is 26.8. The van der Waals surface area contributed by atoms with E-state index in [2.05, 4.69) is 39.4 Å². The van der Waals surface area contributed by atoms with Crippen LogP contribution in [0.25, 0.3) is 22.4 Å². The summed E-state index contributed by atoms with van der Waals surface area (Å²) in [7, 11) is 1.55. The molecule has 194 valence electrons. The lowest BCUT2D eigenvalue weighted by atomic mass is 10.0. The molecule has 1 aliphatic heterocycles. The van der Waals surface area contributed by atoms with Crippen LogP contribution in [0.1, 0.15) is 47.4 Å². The molecule has 2 aromatic carbocycles. The van der Waals surface area contributed by atoms with Crippen molar-refractivity contribution in [2.45, 2.75) is 32.5 Å². The molecule has 0 unspecified atom stereocenters. The van der Waals surface area contributed by atoms with Crippen LogP contribution in [0.3, 0.4) is 0 Å². The Labute approximate surface area is 218 Å². The van der Waals surface area contributed by atoms with Crippen LogP contribution < -0.4 is 15.4 Å². The number of benzene rings is 2. The highest BCUT2D eigenvalue weighted by molar-refractivity contribution is 5.98. The highest BCUT2D eigenvalue weighted by Crippen LogP contribution is 2.31. The summed E-state index contributed by atoms with van der Waals surface area (Å²) in [4.78, 5) is 51.1. The highest BCUT2D eigenvalue weighted by atomic mass is 16.5. The Hall–Kier alpha value is -4.80. The second-order valence-corrected chi connectivity index (χ2v) is 9.26. The number of amides is 4. The van der Waals surface area contributed by atoms with Gasteiger partial charge in [0, 0.05) is 30.3 Å². The number of urea groups is 1. The molecule has 0 aliphatic carbocycles. The SMILES string of the molecule is COc1ccc2c(c1)C(=O)N(C[C@H](NC(=O)NC=O)c1ccc(-c3ncnc4ncn(C(C)C)c34)cc1)C2. The van der Waals surface area contributed by atoms with Crippen molar-refractivity contribution in [1.82, 2.24) is 35.1 Å². The van der Waals surface area contributed by atoms with Gasteiger partial charge in [0.05, 0.1) is 25.2 Å². The van der Waals surface area contributed by atoms with E-state index in [1.165, 1.54) is 6.33 Å². The maximum atomic E-state index is 13.1. The molecular formula is C27H27N7O4. The van der Waals surface area contributed by atoms with E-state index in [4.69, 9.17) is 4.74 Å². The van der Waals surface area contributed by atoms with E-state index in [9.17, 15) is 14.4 Å². The van der Waals surface area contributed by atoms with Gasteiger partial charge in [0.2, 0.25) is 6.41 Å². The number of carbonyl (C=O) groups is 3. The quantitative estimate of drug-likeness (QED) is 0.346. The minimum Gasteiger partial charge on any atom is -0.497 e. The van der Waals surface area contributed by atoms with Crippen molar-refractivity contribution in [3.8, 4) is 17.0 Å². The van der Waals surface area contributed by atoms with Gasteiger partial charge in [-0.05, 0) is 37.1 Å². The molecule has 0 bridgehead atoms. The van der Waals surface area contributed by atoms with Crippen LogP contribution in [0.5, 0.6) is 5.75 Å². The first-order valence-electron chi connectivity index (χ1n) is 12.1. The van der Waals surface area contributed by atoms with Crippen molar-refractivity contribution < 1.29 is 19.1 Å². The fourth-order valence-electron chi connectivity index (χ4n) is 4.68. The summed E-state index contributed by atoms with van der Waals surface area (Å²) in [5.41, 5.74) is 5.28. The molecule has 38 heavy (non-hydrogen) atoms. The molecule has 4 aromatic rings. The molecule has 11 nitrogen and oxygen atoms in total. The molecule has 1 aliphatic rings. The number of imidazole rings is 1. The fourth-order valence-corrected chi connectivity index (χ4v) is 4.68. The summed E-state index contributed by atoms with van der Waals surface area (Å²) in [6.07, 6.45) is 3.56. The Balaban J connectivity index is 1.44. The van der Waals surface area contributed by atoms with Gasteiger partial charge in [0.15, 0.2) is 5.65 Å². The summed E-state index contributed by atoms with van der Waals surface area (Å²) in [6, 6.07) is 11.9. The van der Waals surface area contributed by atoms with Gasteiger partial charge in [-0.3, -0.25) is 14.9 Å². The van der Waals surface area contributed by atoms with Gasteiger partial charge >= 0.3 is 6.03 Å². The highest BCUT2D eigenvalue weighted by Gasteiger charge is 2.30. The Kier molecular flexibility index (Phi) is 6.73. The van der Waals surface area contributed by atoms with Gasteiger partial charge in [-0.1, -0.05) is 30.3 Å². The first-order chi connectivity index (χ1) is 18.4. The van der Waals surface area contributed by atoms with Crippen molar-refractivity contribution in [3.05, 3.63) is 71.8 Å². The molecule has 2 aromatic heterocycles. The Bertz CT molecular complexity index is 1510. The van der Waals surface area contributed by atoms with Crippen molar-refractivity contribution in [2.24, 2.45) is 0 Å². The molecule has 5 rings (SSSR count). The van der Waals surface area contributed by atoms with E-state index in [0.29, 0.717) is 29.9 Å². The van der Waals surface area contributed by atoms with Crippen LogP contribution in [-0.4, -0.2) is 56.4 Å². The van der Waals surface area contributed by atoms with Crippen molar-refractivity contribution in [3.63, 3.8) is 0 Å². The van der Waals surface area contributed by atoms with Crippen LogP contribution in [0.2, 0.25) is 0 Å². The average Bonchev–Trinajstić information content (AvgIpc) is 3.49. The largest absolute Gasteiger partial charge is 0.497 e. The van der Waals surface area contributed by atoms with E-state index < -0.39 is 12.1 Å². The molecule has 2 N–H and O–H groups in total.